The Morgan fingerprint density at radius 3 is 2.36 bits per heavy atom. The highest BCUT2D eigenvalue weighted by Crippen LogP contribution is 2.29. The number of methoxy groups -OCH3 is 1. The fourth-order valence-corrected chi connectivity index (χ4v) is 5.60. The van der Waals surface area contributed by atoms with Crippen LogP contribution in [0, 0.1) is 27.7 Å². The van der Waals surface area contributed by atoms with E-state index in [0.29, 0.717) is 5.56 Å². The van der Waals surface area contributed by atoms with Gasteiger partial charge >= 0.3 is 5.97 Å². The number of benzene rings is 2. The molecule has 36 heavy (non-hydrogen) atoms. The summed E-state index contributed by atoms with van der Waals surface area (Å²) in [6, 6.07) is 11.8. The Morgan fingerprint density at radius 2 is 1.72 bits per heavy atom. The standard InChI is InChI=1S/C27H30N2O6S/c1-16-6-10-22(12-17(16)2)29-18(3)13-23(19(29)4)24(30)15-35-27(31)20-7-11-25(34-5)26(14-20)36(32,33)28-21-8-9-21/h6-7,10-14,21,28H,8-9,15H2,1-5H3. The van der Waals surface area contributed by atoms with Gasteiger partial charge in [-0.05, 0) is 88.1 Å². The zero-order valence-corrected chi connectivity index (χ0v) is 21.9. The third-order valence-corrected chi connectivity index (χ3v) is 7.94. The number of rotatable bonds is 9. The van der Waals surface area contributed by atoms with Crippen LogP contribution < -0.4 is 9.46 Å². The lowest BCUT2D eigenvalue weighted by Gasteiger charge is -2.12. The van der Waals surface area contributed by atoms with Crippen molar-refractivity contribution in [3.05, 3.63) is 76.1 Å². The Bertz CT molecular complexity index is 1450. The summed E-state index contributed by atoms with van der Waals surface area (Å²) in [6.07, 6.45) is 1.55. The summed E-state index contributed by atoms with van der Waals surface area (Å²) in [5, 5.41) is 0. The van der Waals surface area contributed by atoms with Gasteiger partial charge < -0.3 is 14.0 Å². The molecule has 0 bridgehead atoms. The van der Waals surface area contributed by atoms with Gasteiger partial charge in [-0.1, -0.05) is 6.07 Å². The van der Waals surface area contributed by atoms with E-state index < -0.39 is 22.6 Å². The number of hydrogen-bond donors (Lipinski definition) is 1. The van der Waals surface area contributed by atoms with Gasteiger partial charge in [-0.3, -0.25) is 4.79 Å². The minimum absolute atomic E-state index is 0.0142. The Morgan fingerprint density at radius 1 is 1.00 bits per heavy atom. The number of aryl methyl sites for hydroxylation is 3. The van der Waals surface area contributed by atoms with E-state index >= 15 is 0 Å². The topological polar surface area (TPSA) is 104 Å². The smallest absolute Gasteiger partial charge is 0.338 e. The van der Waals surface area contributed by atoms with Gasteiger partial charge in [0.2, 0.25) is 15.8 Å². The number of nitrogens with zero attached hydrogens (tertiary/aromatic N) is 1. The molecular formula is C27H30N2O6S. The minimum Gasteiger partial charge on any atom is -0.495 e. The van der Waals surface area contributed by atoms with E-state index in [1.165, 1.54) is 30.9 Å². The van der Waals surface area contributed by atoms with Crippen LogP contribution in [0.25, 0.3) is 5.69 Å². The second-order valence-corrected chi connectivity index (χ2v) is 10.8. The summed E-state index contributed by atoms with van der Waals surface area (Å²) in [6.45, 7) is 7.38. The Labute approximate surface area is 211 Å². The highest BCUT2D eigenvalue weighted by Gasteiger charge is 2.30. The molecule has 0 amide bonds. The SMILES string of the molecule is COc1ccc(C(=O)OCC(=O)c2cc(C)n(-c3ccc(C)c(C)c3)c2C)cc1S(=O)(=O)NC1CC1. The number of Topliss-reactive ketones (excluding diaryl/α,β-unsaturated/α-hetero) is 1. The van der Waals surface area contributed by atoms with Crippen LogP contribution in [0.2, 0.25) is 0 Å². The number of hydrogen-bond acceptors (Lipinski definition) is 6. The van der Waals surface area contributed by atoms with Gasteiger partial charge in [-0.25, -0.2) is 17.9 Å². The van der Waals surface area contributed by atoms with E-state index in [0.717, 1.165) is 35.5 Å². The van der Waals surface area contributed by atoms with Gasteiger partial charge in [0.05, 0.1) is 12.7 Å². The summed E-state index contributed by atoms with van der Waals surface area (Å²) in [7, 11) is -2.50. The molecule has 9 heteroatoms. The third-order valence-electron chi connectivity index (χ3n) is 6.40. The number of esters is 1. The first kappa shape index (κ1) is 25.7. The molecule has 0 spiro atoms. The lowest BCUT2D eigenvalue weighted by molar-refractivity contribution is 0.0474. The van der Waals surface area contributed by atoms with Crippen molar-refractivity contribution in [3.63, 3.8) is 0 Å². The predicted octanol–water partition coefficient (Wildman–Crippen LogP) is 4.20. The van der Waals surface area contributed by atoms with Gasteiger partial charge in [0.25, 0.3) is 0 Å². The monoisotopic (exact) mass is 510 g/mol. The first-order valence-corrected chi connectivity index (χ1v) is 13.2. The lowest BCUT2D eigenvalue weighted by atomic mass is 10.1. The first-order valence-electron chi connectivity index (χ1n) is 11.7. The van der Waals surface area contributed by atoms with Crippen LogP contribution in [-0.4, -0.2) is 44.5 Å². The molecule has 0 saturated heterocycles. The highest BCUT2D eigenvalue weighted by atomic mass is 32.2. The van der Waals surface area contributed by atoms with Crippen molar-refractivity contribution in [3.8, 4) is 11.4 Å². The zero-order valence-electron chi connectivity index (χ0n) is 21.0. The van der Waals surface area contributed by atoms with Crippen molar-refractivity contribution in [2.75, 3.05) is 13.7 Å². The quantitative estimate of drug-likeness (QED) is 0.342. The van der Waals surface area contributed by atoms with Crippen LogP contribution in [0.1, 0.15) is 56.1 Å². The van der Waals surface area contributed by atoms with Gasteiger partial charge in [0.1, 0.15) is 10.6 Å². The molecule has 1 aliphatic rings. The molecule has 1 aliphatic carbocycles. The summed E-state index contributed by atoms with van der Waals surface area (Å²) in [5.41, 5.74) is 5.40. The molecule has 190 valence electrons. The predicted molar refractivity (Wildman–Crippen MR) is 136 cm³/mol. The number of carbonyl (C=O) groups excluding carboxylic acids is 2. The van der Waals surface area contributed by atoms with Crippen molar-refractivity contribution >= 4 is 21.8 Å². The molecule has 2 aromatic carbocycles. The number of sulfonamides is 1. The van der Waals surface area contributed by atoms with Gasteiger partial charge in [-0.2, -0.15) is 0 Å². The van der Waals surface area contributed by atoms with Crippen molar-refractivity contribution in [1.82, 2.24) is 9.29 Å². The van der Waals surface area contributed by atoms with Crippen molar-refractivity contribution in [2.45, 2.75) is 51.5 Å². The van der Waals surface area contributed by atoms with Gasteiger partial charge in [0, 0.05) is 28.7 Å². The number of carbonyl (C=O) groups is 2. The number of aromatic nitrogens is 1. The zero-order chi connectivity index (χ0) is 26.2. The third kappa shape index (κ3) is 5.22. The fraction of sp³-hybridized carbons (Fsp3) is 0.333. The molecule has 1 fully saturated rings. The maximum Gasteiger partial charge on any atom is 0.338 e. The molecule has 4 rings (SSSR count). The summed E-state index contributed by atoms with van der Waals surface area (Å²) in [5.74, 6) is -1.02. The van der Waals surface area contributed by atoms with Gasteiger partial charge in [0.15, 0.2) is 6.61 Å². The number of ether oxygens (including phenoxy) is 2. The molecule has 1 aromatic heterocycles. The first-order chi connectivity index (χ1) is 17.0. The summed E-state index contributed by atoms with van der Waals surface area (Å²) in [4.78, 5) is 25.5. The van der Waals surface area contributed by atoms with Crippen LogP contribution in [0.15, 0.2) is 47.4 Å². The number of nitrogens with one attached hydrogen (secondary N) is 1. The summed E-state index contributed by atoms with van der Waals surface area (Å²) < 4.78 is 40.4. The second-order valence-electron chi connectivity index (χ2n) is 9.15. The van der Waals surface area contributed by atoms with E-state index in [4.69, 9.17) is 9.47 Å². The second kappa shape index (κ2) is 9.91. The van der Waals surface area contributed by atoms with Crippen molar-refractivity contribution in [1.29, 1.82) is 0 Å². The van der Waals surface area contributed by atoms with E-state index in [1.54, 1.807) is 6.07 Å². The molecule has 0 radical (unpaired) electrons. The van der Waals surface area contributed by atoms with Crippen molar-refractivity contribution in [2.24, 2.45) is 0 Å². The van der Waals surface area contributed by atoms with Crippen LogP contribution in [0.4, 0.5) is 0 Å². The van der Waals surface area contributed by atoms with E-state index in [1.807, 2.05) is 44.4 Å². The summed E-state index contributed by atoms with van der Waals surface area (Å²) >= 11 is 0. The van der Waals surface area contributed by atoms with Gasteiger partial charge in [-0.15, -0.1) is 0 Å². The molecule has 8 nitrogen and oxygen atoms in total. The van der Waals surface area contributed by atoms with E-state index in [9.17, 15) is 18.0 Å². The van der Waals surface area contributed by atoms with E-state index in [-0.39, 0.29) is 28.0 Å². The molecular weight excluding hydrogens is 480 g/mol. The Hall–Kier alpha value is -3.43. The number of ketones is 1. The fourth-order valence-electron chi connectivity index (χ4n) is 4.10. The van der Waals surface area contributed by atoms with Crippen LogP contribution in [0.5, 0.6) is 5.75 Å². The molecule has 1 N–H and O–H groups in total. The maximum absolute atomic E-state index is 13.0. The maximum atomic E-state index is 13.0. The average Bonchev–Trinajstić information content (AvgIpc) is 3.60. The minimum atomic E-state index is -3.86. The van der Waals surface area contributed by atoms with Crippen LogP contribution in [-0.2, 0) is 14.8 Å². The highest BCUT2D eigenvalue weighted by molar-refractivity contribution is 7.89. The molecule has 0 aliphatic heterocycles. The molecule has 0 unspecified atom stereocenters. The lowest BCUT2D eigenvalue weighted by Crippen LogP contribution is -2.26. The normalized spacial score (nSPS) is 13.5. The van der Waals surface area contributed by atoms with E-state index in [2.05, 4.69) is 10.8 Å². The van der Waals surface area contributed by atoms with Crippen LogP contribution in [0.3, 0.4) is 0 Å². The molecule has 1 heterocycles. The molecule has 3 aromatic rings. The van der Waals surface area contributed by atoms with Crippen molar-refractivity contribution < 1.29 is 27.5 Å². The average molecular weight is 511 g/mol. The molecule has 1 saturated carbocycles. The Balaban J connectivity index is 1.51. The largest absolute Gasteiger partial charge is 0.495 e. The Kier molecular flexibility index (Phi) is 7.06. The van der Waals surface area contributed by atoms with Crippen LogP contribution >= 0.6 is 0 Å². The molecule has 0 atom stereocenters.